The van der Waals surface area contributed by atoms with E-state index in [2.05, 4.69) is 20.0 Å². The molecule has 2 heterocycles. The van der Waals surface area contributed by atoms with Crippen molar-refractivity contribution >= 4 is 50.0 Å². The molecule has 4 rings (SSSR count). The maximum absolute atomic E-state index is 13.2. The Kier molecular flexibility index (Phi) is 7.90. The van der Waals surface area contributed by atoms with Gasteiger partial charge in [-0.2, -0.15) is 5.10 Å². The highest BCUT2D eigenvalue weighted by Crippen LogP contribution is 2.33. The van der Waals surface area contributed by atoms with Crippen LogP contribution in [0.25, 0.3) is 10.8 Å². The highest BCUT2D eigenvalue weighted by molar-refractivity contribution is 7.91. The van der Waals surface area contributed by atoms with Crippen LogP contribution in [-0.4, -0.2) is 50.3 Å². The predicted octanol–water partition coefficient (Wildman–Crippen LogP) is 2.01. The van der Waals surface area contributed by atoms with E-state index in [1.54, 1.807) is 36.4 Å². The van der Waals surface area contributed by atoms with Crippen LogP contribution in [0.4, 0.5) is 0 Å². The van der Waals surface area contributed by atoms with Gasteiger partial charge in [-0.25, -0.2) is 22.7 Å². The summed E-state index contributed by atoms with van der Waals surface area (Å²) in [6, 6.07) is 15.3. The van der Waals surface area contributed by atoms with Crippen molar-refractivity contribution in [2.45, 2.75) is 17.7 Å². The number of nitrogens with one attached hydrogen (secondary N) is 2. The van der Waals surface area contributed by atoms with Gasteiger partial charge in [-0.15, -0.1) is 16.2 Å². The van der Waals surface area contributed by atoms with E-state index in [1.165, 1.54) is 19.1 Å². The lowest BCUT2D eigenvalue weighted by atomic mass is 10.1. The summed E-state index contributed by atoms with van der Waals surface area (Å²) in [5.74, 6) is -2.80. The quantitative estimate of drug-likeness (QED) is 0.238. The van der Waals surface area contributed by atoms with Crippen molar-refractivity contribution in [1.29, 1.82) is 0 Å². The van der Waals surface area contributed by atoms with Crippen LogP contribution in [0, 0.1) is 6.92 Å². The highest BCUT2D eigenvalue weighted by Gasteiger charge is 2.33. The summed E-state index contributed by atoms with van der Waals surface area (Å²) < 4.78 is 36.2. The first-order valence-electron chi connectivity index (χ1n) is 11.2. The normalized spacial score (nSPS) is 11.3. The summed E-state index contributed by atoms with van der Waals surface area (Å²) in [5, 5.41) is 4.62. The molecule has 0 unspecified atom stereocenters. The van der Waals surface area contributed by atoms with Gasteiger partial charge in [0.1, 0.15) is 4.88 Å². The Morgan fingerprint density at radius 2 is 1.56 bits per heavy atom. The first-order valence-corrected chi connectivity index (χ1v) is 13.5. The minimum Gasteiger partial charge on any atom is -0.465 e. The third kappa shape index (κ3) is 5.43. The fourth-order valence-electron chi connectivity index (χ4n) is 3.79. The minimum atomic E-state index is -4.58. The molecular weight excluding hydrogens is 548 g/mol. The Labute approximate surface area is 226 Å². The van der Waals surface area contributed by atoms with Gasteiger partial charge in [-0.1, -0.05) is 48.5 Å². The number of nitrogens with zero attached hydrogens (tertiary/aromatic N) is 2. The van der Waals surface area contributed by atoms with E-state index in [9.17, 15) is 27.6 Å². The zero-order valence-electron chi connectivity index (χ0n) is 20.9. The molecule has 0 fully saturated rings. The molecule has 1 amide bonds. The van der Waals surface area contributed by atoms with Crippen molar-refractivity contribution < 1.29 is 32.3 Å². The summed E-state index contributed by atoms with van der Waals surface area (Å²) in [6.45, 7) is 1.45. The van der Waals surface area contributed by atoms with Crippen molar-refractivity contribution in [3.05, 3.63) is 92.2 Å². The summed E-state index contributed by atoms with van der Waals surface area (Å²) in [6.07, 6.45) is 0. The second-order valence-electron chi connectivity index (χ2n) is 8.10. The molecular formula is C25H22N4O8S2. The van der Waals surface area contributed by atoms with Crippen LogP contribution >= 0.6 is 11.3 Å². The molecule has 0 saturated carbocycles. The second kappa shape index (κ2) is 11.1. The van der Waals surface area contributed by atoms with Crippen molar-refractivity contribution in [3.63, 3.8) is 0 Å². The Balaban J connectivity index is 1.70. The molecule has 0 aliphatic carbocycles. The summed E-state index contributed by atoms with van der Waals surface area (Å²) in [7, 11) is -2.41. The van der Waals surface area contributed by atoms with E-state index < -0.39 is 37.6 Å². The van der Waals surface area contributed by atoms with Crippen molar-refractivity contribution in [2.24, 2.45) is 0 Å². The number of benzene rings is 2. The largest absolute Gasteiger partial charge is 0.465 e. The molecule has 2 aromatic carbocycles. The first kappa shape index (κ1) is 27.6. The molecule has 0 radical (unpaired) electrons. The molecule has 4 aromatic rings. The van der Waals surface area contributed by atoms with E-state index in [0.717, 1.165) is 24.5 Å². The lowest BCUT2D eigenvalue weighted by molar-refractivity contribution is 0.0596. The topological polar surface area (TPSA) is 163 Å². The SMILES string of the molecule is COC(=O)c1sc(S(=O)(=O)NNC(=O)c2nn(Cc3ccccc3)c(=O)c3ccccc23)c(C(=O)OC)c1C. The number of carbonyl (C=O) groups excluding carboxylic acids is 3. The lowest BCUT2D eigenvalue weighted by Gasteiger charge is -2.12. The third-order valence-electron chi connectivity index (χ3n) is 5.68. The van der Waals surface area contributed by atoms with Crippen LogP contribution in [0.15, 0.2) is 63.6 Å². The van der Waals surface area contributed by atoms with Gasteiger partial charge < -0.3 is 9.47 Å². The number of thiophene rings is 1. The Bertz CT molecular complexity index is 1760. The van der Waals surface area contributed by atoms with E-state index >= 15 is 0 Å². The molecule has 0 saturated heterocycles. The second-order valence-corrected chi connectivity index (χ2v) is 11.0. The molecule has 0 atom stereocenters. The van der Waals surface area contributed by atoms with Gasteiger partial charge in [0, 0.05) is 5.39 Å². The molecule has 2 N–H and O–H groups in total. The Morgan fingerprint density at radius 1 is 0.949 bits per heavy atom. The van der Waals surface area contributed by atoms with Crippen molar-refractivity contribution in [3.8, 4) is 0 Å². The summed E-state index contributed by atoms with van der Waals surface area (Å²) >= 11 is 0.487. The van der Waals surface area contributed by atoms with Gasteiger partial charge in [0.15, 0.2) is 9.90 Å². The summed E-state index contributed by atoms with van der Waals surface area (Å²) in [4.78, 5) is 52.5. The van der Waals surface area contributed by atoms with E-state index in [0.29, 0.717) is 11.3 Å². The minimum absolute atomic E-state index is 0.0473. The number of fused-ring (bicyclic) bond motifs is 1. The van der Waals surface area contributed by atoms with Gasteiger partial charge in [0.2, 0.25) is 0 Å². The molecule has 0 bridgehead atoms. The van der Waals surface area contributed by atoms with E-state index in [-0.39, 0.29) is 39.0 Å². The number of hydrazine groups is 1. The van der Waals surface area contributed by atoms with E-state index in [4.69, 9.17) is 0 Å². The third-order valence-corrected chi connectivity index (χ3v) is 8.71. The van der Waals surface area contributed by atoms with Crippen LogP contribution in [0.5, 0.6) is 0 Å². The molecule has 2 aromatic heterocycles. The molecule has 39 heavy (non-hydrogen) atoms. The maximum atomic E-state index is 13.2. The number of aromatic nitrogens is 2. The molecule has 0 spiro atoms. The Morgan fingerprint density at radius 3 is 2.21 bits per heavy atom. The summed E-state index contributed by atoms with van der Waals surface area (Å²) in [5.41, 5.74) is 1.87. The number of amides is 1. The van der Waals surface area contributed by atoms with Crippen LogP contribution < -0.4 is 15.8 Å². The maximum Gasteiger partial charge on any atom is 0.348 e. The van der Waals surface area contributed by atoms with E-state index in [1.807, 2.05) is 10.9 Å². The molecule has 0 aliphatic heterocycles. The monoisotopic (exact) mass is 570 g/mol. The predicted molar refractivity (Wildman–Crippen MR) is 141 cm³/mol. The number of ether oxygens (including phenoxy) is 2. The Hall–Kier alpha value is -4.40. The number of hydrogen-bond donors (Lipinski definition) is 2. The van der Waals surface area contributed by atoms with Gasteiger partial charge in [-0.3, -0.25) is 15.0 Å². The molecule has 14 heteroatoms. The molecule has 202 valence electrons. The van der Waals surface area contributed by atoms with Crippen LogP contribution in [0.3, 0.4) is 0 Å². The fourth-order valence-corrected chi connectivity index (χ4v) is 6.37. The van der Waals surface area contributed by atoms with Crippen LogP contribution in [-0.2, 0) is 26.0 Å². The van der Waals surface area contributed by atoms with Crippen molar-refractivity contribution in [2.75, 3.05) is 14.2 Å². The van der Waals surface area contributed by atoms with Crippen LogP contribution in [0.2, 0.25) is 0 Å². The highest BCUT2D eigenvalue weighted by atomic mass is 32.2. The van der Waals surface area contributed by atoms with Gasteiger partial charge in [0.25, 0.3) is 21.5 Å². The number of carbonyl (C=O) groups is 3. The fraction of sp³-hybridized carbons (Fsp3) is 0.160. The lowest BCUT2D eigenvalue weighted by Crippen LogP contribution is -2.43. The number of esters is 2. The number of rotatable bonds is 8. The smallest absolute Gasteiger partial charge is 0.348 e. The average Bonchev–Trinajstić information content (AvgIpc) is 3.31. The first-order chi connectivity index (χ1) is 18.6. The van der Waals surface area contributed by atoms with Crippen molar-refractivity contribution in [1.82, 2.24) is 20.0 Å². The van der Waals surface area contributed by atoms with Gasteiger partial charge >= 0.3 is 11.9 Å². The van der Waals surface area contributed by atoms with Gasteiger partial charge in [-0.05, 0) is 24.1 Å². The number of methoxy groups -OCH3 is 2. The van der Waals surface area contributed by atoms with Gasteiger partial charge in [0.05, 0.1) is 31.7 Å². The standard InChI is InChI=1S/C25H22N4O8S2/c1-14-18(23(32)36-2)25(38-20(14)24(33)37-3)39(34,35)28-26-21(30)19-16-11-7-8-12-17(16)22(31)29(27-19)13-15-9-5-4-6-10-15/h4-12,28H,13H2,1-3H3,(H,26,30). The zero-order chi connectivity index (χ0) is 28.3. The molecule has 0 aliphatic rings. The molecule has 12 nitrogen and oxygen atoms in total. The number of hydrogen-bond acceptors (Lipinski definition) is 10. The zero-order valence-corrected chi connectivity index (χ0v) is 22.5. The average molecular weight is 571 g/mol. The van der Waals surface area contributed by atoms with Crippen LogP contribution in [0.1, 0.15) is 41.6 Å². The number of sulfonamides is 1.